The van der Waals surface area contributed by atoms with Crippen molar-refractivity contribution in [2.75, 3.05) is 6.26 Å². The van der Waals surface area contributed by atoms with Gasteiger partial charge in [-0.3, -0.25) is 4.89 Å². The first-order valence-corrected chi connectivity index (χ1v) is 4.00. The minimum Gasteiger partial charge on any atom is -0.277 e. The van der Waals surface area contributed by atoms with E-state index in [0.29, 0.717) is 0 Å². The maximum absolute atomic E-state index is 10.1. The van der Waals surface area contributed by atoms with E-state index in [9.17, 15) is 13.2 Å². The van der Waals surface area contributed by atoms with Crippen molar-refractivity contribution >= 4 is 16.1 Å². The predicted octanol–water partition coefficient (Wildman–Crippen LogP) is -0.393. The monoisotopic (exact) mass is 166 g/mol. The van der Waals surface area contributed by atoms with Gasteiger partial charge in [-0.05, 0) is 0 Å². The van der Waals surface area contributed by atoms with E-state index in [-0.39, 0.29) is 0 Å². The van der Waals surface area contributed by atoms with E-state index in [4.69, 9.17) is 0 Å². The molecule has 0 atom stereocenters. The van der Waals surface area contributed by atoms with Crippen molar-refractivity contribution in [3.05, 3.63) is 12.7 Å². The van der Waals surface area contributed by atoms with Gasteiger partial charge in [0.1, 0.15) is 0 Å². The van der Waals surface area contributed by atoms with Crippen LogP contribution in [0.5, 0.6) is 0 Å². The second-order valence-corrected chi connectivity index (χ2v) is 2.92. The average molecular weight is 166 g/mol. The van der Waals surface area contributed by atoms with Crippen LogP contribution in [-0.4, -0.2) is 20.6 Å². The molecule has 0 radical (unpaired) electrons. The fraction of sp³-hybridized carbons (Fsp3) is 0.250. The second kappa shape index (κ2) is 3.33. The summed E-state index contributed by atoms with van der Waals surface area (Å²) in [5.74, 6) is -0.953. The first-order valence-electron chi connectivity index (χ1n) is 2.18. The molecule has 0 bridgehead atoms. The van der Waals surface area contributed by atoms with Crippen molar-refractivity contribution in [2.45, 2.75) is 0 Å². The summed E-state index contributed by atoms with van der Waals surface area (Å²) in [5, 5.41) is 0. The van der Waals surface area contributed by atoms with Crippen LogP contribution in [0, 0.1) is 0 Å². The summed E-state index contributed by atoms with van der Waals surface area (Å²) in [6.45, 7) is 3.01. The van der Waals surface area contributed by atoms with Crippen molar-refractivity contribution in [3.63, 3.8) is 0 Å². The maximum atomic E-state index is 10.1. The van der Waals surface area contributed by atoms with Crippen LogP contribution in [0.4, 0.5) is 0 Å². The highest BCUT2D eigenvalue weighted by molar-refractivity contribution is 7.85. The molecule has 0 aliphatic heterocycles. The largest absolute Gasteiger partial charge is 0.366 e. The normalized spacial score (nSPS) is 10.5. The Kier molecular flexibility index (Phi) is 3.04. The molecule has 0 spiro atoms. The van der Waals surface area contributed by atoms with Crippen LogP contribution in [0.25, 0.3) is 0 Å². The number of carbonyl (C=O) groups excluding carboxylic acids is 1. The first kappa shape index (κ1) is 9.12. The van der Waals surface area contributed by atoms with Gasteiger partial charge in [-0.25, -0.2) is 4.79 Å². The van der Waals surface area contributed by atoms with Gasteiger partial charge in [-0.15, -0.1) is 0 Å². The third kappa shape index (κ3) is 5.26. The van der Waals surface area contributed by atoms with Gasteiger partial charge in [0.15, 0.2) is 0 Å². The van der Waals surface area contributed by atoms with Crippen LogP contribution in [0.1, 0.15) is 0 Å². The molecule has 0 fully saturated rings. The first-order chi connectivity index (χ1) is 4.45. The molecule has 10 heavy (non-hydrogen) atoms. The molecular weight excluding hydrogens is 160 g/mol. The summed E-state index contributed by atoms with van der Waals surface area (Å²) in [6.07, 6.45) is 1.54. The van der Waals surface area contributed by atoms with Gasteiger partial charge in [0, 0.05) is 6.08 Å². The Morgan fingerprint density at radius 1 is 1.60 bits per heavy atom. The molecule has 0 amide bonds. The summed E-state index contributed by atoms with van der Waals surface area (Å²) in [6, 6.07) is 0. The summed E-state index contributed by atoms with van der Waals surface area (Å²) >= 11 is 0. The van der Waals surface area contributed by atoms with E-state index >= 15 is 0 Å². The van der Waals surface area contributed by atoms with Gasteiger partial charge in [-0.1, -0.05) is 10.9 Å². The van der Waals surface area contributed by atoms with Crippen molar-refractivity contribution in [1.82, 2.24) is 0 Å². The highest BCUT2D eigenvalue weighted by atomic mass is 32.2. The lowest BCUT2D eigenvalue weighted by molar-refractivity contribution is -0.204. The average Bonchev–Trinajstić information content (AvgIpc) is 1.81. The summed E-state index contributed by atoms with van der Waals surface area (Å²) < 4.78 is 23.9. The SMILES string of the molecule is C=CC(=O)OOS(C)(=O)=O. The molecule has 0 rings (SSSR count). The van der Waals surface area contributed by atoms with Gasteiger partial charge in [0.05, 0.1) is 6.26 Å². The third-order valence-corrected chi connectivity index (χ3v) is 0.722. The van der Waals surface area contributed by atoms with Crippen LogP contribution in [0.15, 0.2) is 12.7 Å². The Hall–Kier alpha value is -0.880. The molecule has 0 aromatic carbocycles. The van der Waals surface area contributed by atoms with Gasteiger partial charge in [0.2, 0.25) is 0 Å². The van der Waals surface area contributed by atoms with Crippen LogP contribution in [0.3, 0.4) is 0 Å². The maximum Gasteiger partial charge on any atom is 0.366 e. The zero-order chi connectivity index (χ0) is 8.20. The van der Waals surface area contributed by atoms with E-state index in [2.05, 4.69) is 15.8 Å². The third-order valence-electron chi connectivity index (χ3n) is 0.406. The van der Waals surface area contributed by atoms with Crippen molar-refractivity contribution in [1.29, 1.82) is 0 Å². The topological polar surface area (TPSA) is 69.7 Å². The van der Waals surface area contributed by atoms with Crippen LogP contribution >= 0.6 is 0 Å². The van der Waals surface area contributed by atoms with Gasteiger partial charge >= 0.3 is 5.97 Å². The van der Waals surface area contributed by atoms with Gasteiger partial charge < -0.3 is 0 Å². The Balaban J connectivity index is 3.78. The molecule has 0 aromatic rings. The lowest BCUT2D eigenvalue weighted by Crippen LogP contribution is -2.07. The highest BCUT2D eigenvalue weighted by Gasteiger charge is 2.05. The van der Waals surface area contributed by atoms with E-state index < -0.39 is 16.1 Å². The van der Waals surface area contributed by atoms with E-state index in [1.807, 2.05) is 0 Å². The molecule has 6 heteroatoms. The van der Waals surface area contributed by atoms with Crippen LogP contribution in [-0.2, 0) is 24.1 Å². The molecule has 0 saturated heterocycles. The molecule has 0 N–H and O–H groups in total. The number of rotatable bonds is 3. The Morgan fingerprint density at radius 2 is 2.10 bits per heavy atom. The second-order valence-electron chi connectivity index (χ2n) is 1.38. The molecule has 0 saturated carbocycles. The zero-order valence-electron chi connectivity index (χ0n) is 5.23. The number of carbonyl (C=O) groups is 1. The predicted molar refractivity (Wildman–Crippen MR) is 32.2 cm³/mol. The zero-order valence-corrected chi connectivity index (χ0v) is 6.05. The molecule has 0 aliphatic rings. The molecular formula is C4H6O5S. The Bertz CT molecular complexity index is 226. The van der Waals surface area contributed by atoms with Crippen molar-refractivity contribution in [3.8, 4) is 0 Å². The minimum absolute atomic E-state index is 0.753. The summed E-state index contributed by atoms with van der Waals surface area (Å²) in [7, 11) is -3.72. The lowest BCUT2D eigenvalue weighted by Gasteiger charge is -1.94. The Morgan fingerprint density at radius 3 is 2.40 bits per heavy atom. The van der Waals surface area contributed by atoms with E-state index in [0.717, 1.165) is 12.3 Å². The van der Waals surface area contributed by atoms with Crippen molar-refractivity contribution in [2.24, 2.45) is 0 Å². The van der Waals surface area contributed by atoms with Crippen LogP contribution < -0.4 is 0 Å². The molecule has 0 aliphatic carbocycles. The van der Waals surface area contributed by atoms with Gasteiger partial charge in [0.25, 0.3) is 10.1 Å². The molecule has 58 valence electrons. The molecule has 0 aromatic heterocycles. The van der Waals surface area contributed by atoms with Gasteiger partial charge in [-0.2, -0.15) is 8.42 Å². The summed E-state index contributed by atoms with van der Waals surface area (Å²) in [5.41, 5.74) is 0. The molecule has 0 unspecified atom stereocenters. The quantitative estimate of drug-likeness (QED) is 0.324. The lowest BCUT2D eigenvalue weighted by atomic mass is 10.7. The highest BCUT2D eigenvalue weighted by Crippen LogP contribution is 1.88. The number of hydrogen-bond donors (Lipinski definition) is 0. The smallest absolute Gasteiger partial charge is 0.277 e. The van der Waals surface area contributed by atoms with E-state index in [1.165, 1.54) is 0 Å². The minimum atomic E-state index is -3.72. The standard InChI is InChI=1S/C4H6O5S/c1-3-4(5)8-9-10(2,6)7/h3H,1H2,2H3. The molecule has 5 nitrogen and oxygen atoms in total. The Labute approximate surface area is 58.3 Å². The fourth-order valence-electron chi connectivity index (χ4n) is 0.129. The molecule has 0 heterocycles. The van der Waals surface area contributed by atoms with E-state index in [1.54, 1.807) is 0 Å². The van der Waals surface area contributed by atoms with Crippen LogP contribution in [0.2, 0.25) is 0 Å². The summed E-state index contributed by atoms with van der Waals surface area (Å²) in [4.78, 5) is 13.8. The number of hydrogen-bond acceptors (Lipinski definition) is 5. The fourth-order valence-corrected chi connectivity index (χ4v) is 0.320. The van der Waals surface area contributed by atoms with Crippen molar-refractivity contribution < 1.29 is 22.4 Å².